The van der Waals surface area contributed by atoms with Crippen molar-refractivity contribution in [3.63, 3.8) is 0 Å². The minimum absolute atomic E-state index is 0. The maximum atomic E-state index is 6.94. The fraction of sp³-hybridized carbons (Fsp3) is 0.115. The monoisotopic (exact) mass is 929 g/mol. The van der Waals surface area contributed by atoms with Gasteiger partial charge in [0.2, 0.25) is 6.71 Å². The summed E-state index contributed by atoms with van der Waals surface area (Å²) in [5.41, 5.74) is 15.7. The smallest absolute Gasteiger partial charge is 0.502 e. The van der Waals surface area contributed by atoms with Crippen molar-refractivity contribution < 1.29 is 30.5 Å². The van der Waals surface area contributed by atoms with E-state index >= 15 is 0 Å². The first-order valence-electron chi connectivity index (χ1n) is 19.7. The molecule has 0 unspecified atom stereocenters. The number of pyridine rings is 2. The van der Waals surface area contributed by atoms with Crippen LogP contribution < -0.4 is 25.9 Å². The molecule has 4 nitrogen and oxygen atoms in total. The van der Waals surface area contributed by atoms with Crippen molar-refractivity contribution >= 4 is 23.1 Å². The van der Waals surface area contributed by atoms with Crippen molar-refractivity contribution in [3.8, 4) is 78.9 Å². The Morgan fingerprint density at radius 2 is 1.03 bits per heavy atom. The van der Waals surface area contributed by atoms with Gasteiger partial charge in [0.15, 0.2) is 0 Å². The van der Waals surface area contributed by atoms with Crippen LogP contribution in [0.3, 0.4) is 0 Å². The summed E-state index contributed by atoms with van der Waals surface area (Å²) in [6.07, 6.45) is 3.74. The predicted molar refractivity (Wildman–Crippen MR) is 233 cm³/mol. The van der Waals surface area contributed by atoms with Gasteiger partial charge in [0, 0.05) is 29.4 Å². The third kappa shape index (κ3) is 6.48. The summed E-state index contributed by atoms with van der Waals surface area (Å²) in [4.78, 5) is 9.64. The molecule has 2 aromatic heterocycles. The van der Waals surface area contributed by atoms with E-state index in [0.717, 1.165) is 84.2 Å². The molecule has 0 fully saturated rings. The molecule has 0 saturated heterocycles. The van der Waals surface area contributed by atoms with E-state index in [0.29, 0.717) is 0 Å². The first kappa shape index (κ1) is 37.5. The minimum Gasteiger partial charge on any atom is -0.502 e. The van der Waals surface area contributed by atoms with Crippen molar-refractivity contribution in [2.24, 2.45) is 0 Å². The predicted octanol–water partition coefficient (Wildman–Crippen LogP) is 11.4. The molecule has 0 amide bonds. The molecule has 0 N–H and O–H groups in total. The van der Waals surface area contributed by atoms with Gasteiger partial charge in [0.25, 0.3) is 0 Å². The van der Waals surface area contributed by atoms with E-state index in [1.807, 2.05) is 30.6 Å². The molecule has 6 aromatic carbocycles. The number of benzene rings is 6. The maximum Gasteiger partial charge on any atom is 2.00 e. The second-order valence-corrected chi connectivity index (χ2v) is 15.5. The van der Waals surface area contributed by atoms with E-state index in [2.05, 4.69) is 166 Å². The quantitative estimate of drug-likeness (QED) is 0.118. The van der Waals surface area contributed by atoms with Crippen molar-refractivity contribution in [2.75, 3.05) is 0 Å². The number of rotatable bonds is 7. The zero-order valence-electron chi connectivity index (χ0n) is 32.7. The number of fused-ring (bicyclic) bond motifs is 4. The topological polar surface area (TPSA) is 44.2 Å². The van der Waals surface area contributed by atoms with Crippen LogP contribution in [0.25, 0.3) is 55.9 Å². The Bertz CT molecular complexity index is 2720. The Morgan fingerprint density at radius 3 is 1.57 bits per heavy atom. The second kappa shape index (κ2) is 15.4. The van der Waals surface area contributed by atoms with E-state index in [1.54, 1.807) is 0 Å². The van der Waals surface area contributed by atoms with Crippen LogP contribution in [0.2, 0.25) is 0 Å². The molecular formula is C52H39BN2O2Pt. The number of hydrogen-bond acceptors (Lipinski definition) is 4. The Morgan fingerprint density at radius 1 is 0.500 bits per heavy atom. The average Bonchev–Trinajstić information content (AvgIpc) is 3.26. The first-order valence-corrected chi connectivity index (χ1v) is 19.7. The van der Waals surface area contributed by atoms with Crippen molar-refractivity contribution in [1.29, 1.82) is 0 Å². The van der Waals surface area contributed by atoms with Gasteiger partial charge in [-0.1, -0.05) is 125 Å². The normalized spacial score (nSPS) is 12.2. The van der Waals surface area contributed by atoms with E-state index in [1.165, 1.54) is 22.3 Å². The molecule has 0 bridgehead atoms. The molecule has 2 aliphatic rings. The molecule has 2 aliphatic heterocycles. The van der Waals surface area contributed by atoms with Crippen molar-refractivity contribution in [1.82, 2.24) is 9.97 Å². The van der Waals surface area contributed by atoms with E-state index in [9.17, 15) is 0 Å². The zero-order chi connectivity index (χ0) is 38.6. The molecule has 282 valence electrons. The van der Waals surface area contributed by atoms with E-state index in [-0.39, 0.29) is 39.6 Å². The minimum atomic E-state index is -0.228. The summed E-state index contributed by atoms with van der Waals surface area (Å²) in [6.45, 7) is 8.69. The van der Waals surface area contributed by atoms with Crippen LogP contribution >= 0.6 is 0 Å². The molecule has 6 heteroatoms. The SMILES string of the molecule is CC(C)c1cc(C(C)C)c2c3c1Oc1ccc(-c4ccccn4)[c-]c1B3c1[c-]c(-c3cc(-c4c(-c5ccccc5)cccc4-c4ccccc4)ccn3)ccc1O2.[Pt+2]. The molecule has 58 heavy (non-hydrogen) atoms. The molecule has 8 aromatic rings. The van der Waals surface area contributed by atoms with Gasteiger partial charge >= 0.3 is 21.1 Å². The van der Waals surface area contributed by atoms with Gasteiger partial charge in [-0.2, -0.15) is 0 Å². The van der Waals surface area contributed by atoms with Gasteiger partial charge in [-0.05, 0) is 85.9 Å². The van der Waals surface area contributed by atoms with Gasteiger partial charge in [-0.25, -0.2) is 0 Å². The van der Waals surface area contributed by atoms with Gasteiger partial charge in [0.05, 0.1) is 0 Å². The molecule has 10 rings (SSSR count). The standard InChI is InChI=1S/C52H39BN2O2.Pt/c1-32(2)41-31-42(33(3)4)52-50-51(41)56-47-23-21-36(45-20-11-12-26-54-45)28-43(47)53(50)44-29-37(22-24-48(44)57-52)46-30-38(25-27-55-46)49-39(34-14-7-5-8-15-34)18-13-19-40(49)35-16-9-6-10-17-35;/h5-27,30-33H,1-4H3;/q-2;+2. The summed E-state index contributed by atoms with van der Waals surface area (Å²) in [5, 5.41) is 0. The van der Waals surface area contributed by atoms with Crippen LogP contribution in [-0.4, -0.2) is 16.7 Å². The summed E-state index contributed by atoms with van der Waals surface area (Å²) >= 11 is 0. The molecular weight excluding hydrogens is 890 g/mol. The van der Waals surface area contributed by atoms with Crippen LogP contribution in [0.1, 0.15) is 50.7 Å². The van der Waals surface area contributed by atoms with E-state index in [4.69, 9.17) is 14.5 Å². The number of nitrogens with zero attached hydrogens (tertiary/aromatic N) is 2. The number of ether oxygens (including phenoxy) is 2. The zero-order valence-corrected chi connectivity index (χ0v) is 35.0. The number of aromatic nitrogens is 2. The molecule has 0 aliphatic carbocycles. The Balaban J connectivity index is 0.00000436. The van der Waals surface area contributed by atoms with Crippen molar-refractivity contribution in [3.05, 3.63) is 175 Å². The van der Waals surface area contributed by atoms with Gasteiger partial charge < -0.3 is 19.4 Å². The van der Waals surface area contributed by atoms with Crippen LogP contribution in [0.5, 0.6) is 23.0 Å². The van der Waals surface area contributed by atoms with Crippen LogP contribution in [0.4, 0.5) is 0 Å². The third-order valence-corrected chi connectivity index (χ3v) is 11.2. The summed E-state index contributed by atoms with van der Waals surface area (Å²) in [5.74, 6) is 3.79. The molecule has 0 atom stereocenters. The van der Waals surface area contributed by atoms with Gasteiger partial charge in [0.1, 0.15) is 11.5 Å². The van der Waals surface area contributed by atoms with Crippen molar-refractivity contribution in [2.45, 2.75) is 39.5 Å². The molecule has 0 spiro atoms. The van der Waals surface area contributed by atoms with Gasteiger partial charge in [-0.3, -0.25) is 0 Å². The van der Waals surface area contributed by atoms with Crippen LogP contribution in [-0.2, 0) is 21.1 Å². The fourth-order valence-corrected chi connectivity index (χ4v) is 8.45. The van der Waals surface area contributed by atoms with Gasteiger partial charge in [-0.15, -0.1) is 58.5 Å². The fourth-order valence-electron chi connectivity index (χ4n) is 8.45. The van der Waals surface area contributed by atoms with Crippen LogP contribution in [0, 0.1) is 12.1 Å². The summed E-state index contributed by atoms with van der Waals surface area (Å²) in [6, 6.07) is 56.3. The van der Waals surface area contributed by atoms with E-state index < -0.39 is 0 Å². The summed E-state index contributed by atoms with van der Waals surface area (Å²) < 4.78 is 13.8. The second-order valence-electron chi connectivity index (χ2n) is 15.5. The first-order chi connectivity index (χ1) is 27.9. The Labute approximate surface area is 355 Å². The van der Waals surface area contributed by atoms with Crippen LogP contribution in [0.15, 0.2) is 152 Å². The maximum absolute atomic E-state index is 6.94. The molecule has 4 heterocycles. The average molecular weight is 930 g/mol. The Kier molecular flexibility index (Phi) is 9.96. The Hall–Kier alpha value is -6.03. The molecule has 0 saturated carbocycles. The summed E-state index contributed by atoms with van der Waals surface area (Å²) in [7, 11) is 0. The number of hydrogen-bond donors (Lipinski definition) is 0. The molecule has 0 radical (unpaired) electrons. The third-order valence-electron chi connectivity index (χ3n) is 11.2. The largest absolute Gasteiger partial charge is 2.00 e.